The highest BCUT2D eigenvalue weighted by molar-refractivity contribution is 5.92. The number of amides is 1. The van der Waals surface area contributed by atoms with E-state index in [1.54, 1.807) is 6.07 Å². The Morgan fingerprint density at radius 3 is 3.00 bits per heavy atom. The molecule has 0 aromatic carbocycles. The Morgan fingerprint density at radius 1 is 1.71 bits per heavy atom. The normalized spacial score (nSPS) is 17.5. The molecule has 0 atom stereocenters. The molecular weight excluding hydrogens is 224 g/mol. The topological polar surface area (TPSA) is 84.6 Å². The maximum Gasteiger partial charge on any atom is 0.273 e. The van der Waals surface area contributed by atoms with Crippen LogP contribution in [0, 0.1) is 0 Å². The first-order valence-electron chi connectivity index (χ1n) is 5.57. The largest absolute Gasteiger partial charge is 0.394 e. The van der Waals surface area contributed by atoms with E-state index in [0.29, 0.717) is 5.76 Å². The van der Waals surface area contributed by atoms with Gasteiger partial charge in [-0.25, -0.2) is 0 Å². The highest BCUT2D eigenvalue weighted by Gasteiger charge is 2.38. The summed E-state index contributed by atoms with van der Waals surface area (Å²) in [4.78, 5) is 11.8. The fraction of sp³-hybridized carbons (Fsp3) is 0.636. The van der Waals surface area contributed by atoms with Crippen molar-refractivity contribution in [2.45, 2.75) is 31.4 Å². The first-order valence-corrected chi connectivity index (χ1v) is 5.57. The van der Waals surface area contributed by atoms with Gasteiger partial charge >= 0.3 is 0 Å². The lowest BCUT2D eigenvalue weighted by molar-refractivity contribution is 0.0634. The van der Waals surface area contributed by atoms with Crippen LogP contribution in [0.3, 0.4) is 0 Å². The summed E-state index contributed by atoms with van der Waals surface area (Å²) in [6.07, 6.45) is 2.63. The number of carbonyl (C=O) groups is 1. The molecule has 6 heteroatoms. The smallest absolute Gasteiger partial charge is 0.273 e. The van der Waals surface area contributed by atoms with Crippen LogP contribution in [0.5, 0.6) is 0 Å². The molecule has 0 radical (unpaired) electrons. The van der Waals surface area contributed by atoms with Gasteiger partial charge < -0.3 is 19.7 Å². The zero-order chi connectivity index (χ0) is 12.3. The molecule has 1 heterocycles. The number of rotatable bonds is 5. The SMILES string of the molecule is COCc1cc(C(=O)NC2(CO)CCC2)no1. The van der Waals surface area contributed by atoms with Crippen molar-refractivity contribution in [3.05, 3.63) is 17.5 Å². The van der Waals surface area contributed by atoms with E-state index in [0.717, 1.165) is 19.3 Å². The minimum absolute atomic E-state index is 0.0402. The summed E-state index contributed by atoms with van der Waals surface area (Å²) < 4.78 is 9.80. The van der Waals surface area contributed by atoms with Crippen molar-refractivity contribution in [2.24, 2.45) is 0 Å². The number of aliphatic hydroxyl groups excluding tert-OH is 1. The van der Waals surface area contributed by atoms with E-state index < -0.39 is 5.54 Å². The molecule has 6 nitrogen and oxygen atoms in total. The van der Waals surface area contributed by atoms with E-state index in [-0.39, 0.29) is 24.8 Å². The Kier molecular flexibility index (Phi) is 3.44. The molecule has 2 rings (SSSR count). The van der Waals surface area contributed by atoms with Crippen LogP contribution in [0.2, 0.25) is 0 Å². The van der Waals surface area contributed by atoms with Crippen molar-refractivity contribution in [3.63, 3.8) is 0 Å². The van der Waals surface area contributed by atoms with Gasteiger partial charge in [-0.2, -0.15) is 0 Å². The molecule has 94 valence electrons. The molecule has 1 aliphatic rings. The second kappa shape index (κ2) is 4.85. The number of nitrogens with one attached hydrogen (secondary N) is 1. The van der Waals surface area contributed by atoms with Crippen LogP contribution in [-0.2, 0) is 11.3 Å². The van der Waals surface area contributed by atoms with E-state index in [1.165, 1.54) is 7.11 Å². The average Bonchev–Trinajstić information content (AvgIpc) is 2.72. The molecule has 0 saturated heterocycles. The maximum atomic E-state index is 11.8. The quantitative estimate of drug-likeness (QED) is 0.781. The first kappa shape index (κ1) is 12.1. The van der Waals surface area contributed by atoms with Gasteiger partial charge in [0.1, 0.15) is 6.61 Å². The van der Waals surface area contributed by atoms with E-state index >= 15 is 0 Å². The molecule has 1 fully saturated rings. The molecule has 0 bridgehead atoms. The summed E-state index contributed by atoms with van der Waals surface area (Å²) in [6, 6.07) is 1.54. The van der Waals surface area contributed by atoms with Crippen molar-refractivity contribution in [3.8, 4) is 0 Å². The van der Waals surface area contributed by atoms with E-state index in [1.807, 2.05) is 0 Å². The molecule has 1 aromatic rings. The van der Waals surface area contributed by atoms with Crippen LogP contribution in [0.15, 0.2) is 10.6 Å². The lowest BCUT2D eigenvalue weighted by Crippen LogP contribution is -2.56. The van der Waals surface area contributed by atoms with Gasteiger partial charge in [-0.05, 0) is 19.3 Å². The third-order valence-corrected chi connectivity index (χ3v) is 3.07. The third-order valence-electron chi connectivity index (χ3n) is 3.07. The molecular formula is C11H16N2O4. The average molecular weight is 240 g/mol. The molecule has 0 spiro atoms. The third kappa shape index (κ3) is 2.48. The highest BCUT2D eigenvalue weighted by Crippen LogP contribution is 2.31. The van der Waals surface area contributed by atoms with E-state index in [9.17, 15) is 9.90 Å². The lowest BCUT2D eigenvalue weighted by atomic mass is 9.77. The molecule has 0 unspecified atom stereocenters. The van der Waals surface area contributed by atoms with Crippen LogP contribution in [0.1, 0.15) is 35.5 Å². The number of hydrogen-bond acceptors (Lipinski definition) is 5. The second-order valence-corrected chi connectivity index (χ2v) is 4.36. The Hall–Kier alpha value is -1.40. The number of carbonyl (C=O) groups excluding carboxylic acids is 1. The van der Waals surface area contributed by atoms with Gasteiger partial charge in [0.2, 0.25) is 0 Å². The summed E-state index contributed by atoms with van der Waals surface area (Å²) in [6.45, 7) is 0.243. The number of aromatic nitrogens is 1. The first-order chi connectivity index (χ1) is 8.19. The predicted molar refractivity (Wildman–Crippen MR) is 58.4 cm³/mol. The minimum Gasteiger partial charge on any atom is -0.394 e. The fourth-order valence-corrected chi connectivity index (χ4v) is 1.86. The Balaban J connectivity index is 1.99. The van der Waals surface area contributed by atoms with Crippen LogP contribution in [-0.4, -0.2) is 35.4 Å². The van der Waals surface area contributed by atoms with Crippen molar-refractivity contribution < 1.29 is 19.2 Å². The minimum atomic E-state index is -0.461. The molecule has 1 amide bonds. The van der Waals surface area contributed by atoms with Crippen LogP contribution in [0.25, 0.3) is 0 Å². The summed E-state index contributed by atoms with van der Waals surface area (Å²) in [5.41, 5.74) is -0.242. The van der Waals surface area contributed by atoms with Crippen molar-refractivity contribution in [2.75, 3.05) is 13.7 Å². The Morgan fingerprint density at radius 2 is 2.47 bits per heavy atom. The van der Waals surface area contributed by atoms with Gasteiger partial charge in [0.05, 0.1) is 12.1 Å². The number of hydrogen-bond donors (Lipinski definition) is 2. The summed E-state index contributed by atoms with van der Waals surface area (Å²) >= 11 is 0. The molecule has 17 heavy (non-hydrogen) atoms. The number of aliphatic hydroxyl groups is 1. The molecule has 2 N–H and O–H groups in total. The standard InChI is InChI=1S/C11H16N2O4/c1-16-6-8-5-9(13-17-8)10(15)12-11(7-14)3-2-4-11/h5,14H,2-4,6-7H2,1H3,(H,12,15). The molecule has 1 aromatic heterocycles. The summed E-state index contributed by atoms with van der Waals surface area (Å²) in [7, 11) is 1.54. The van der Waals surface area contributed by atoms with Gasteiger partial charge in [-0.1, -0.05) is 5.16 Å². The Labute approximate surface area is 98.9 Å². The van der Waals surface area contributed by atoms with Crippen molar-refractivity contribution in [1.82, 2.24) is 10.5 Å². The maximum absolute atomic E-state index is 11.8. The van der Waals surface area contributed by atoms with E-state index in [4.69, 9.17) is 9.26 Å². The van der Waals surface area contributed by atoms with Gasteiger partial charge in [0.25, 0.3) is 5.91 Å². The Bertz CT molecular complexity index is 392. The molecule has 0 aliphatic heterocycles. The zero-order valence-corrected chi connectivity index (χ0v) is 9.73. The van der Waals surface area contributed by atoms with Gasteiger partial charge in [-0.3, -0.25) is 4.79 Å². The monoisotopic (exact) mass is 240 g/mol. The summed E-state index contributed by atoms with van der Waals surface area (Å²) in [5, 5.41) is 15.7. The predicted octanol–water partition coefficient (Wildman–Crippen LogP) is 0.466. The molecule has 1 aliphatic carbocycles. The van der Waals surface area contributed by atoms with Crippen molar-refractivity contribution >= 4 is 5.91 Å². The number of methoxy groups -OCH3 is 1. The lowest BCUT2D eigenvalue weighted by Gasteiger charge is -2.40. The van der Waals surface area contributed by atoms with Crippen LogP contribution < -0.4 is 5.32 Å². The van der Waals surface area contributed by atoms with E-state index in [2.05, 4.69) is 10.5 Å². The van der Waals surface area contributed by atoms with Gasteiger partial charge in [-0.15, -0.1) is 0 Å². The van der Waals surface area contributed by atoms with Gasteiger partial charge in [0.15, 0.2) is 11.5 Å². The van der Waals surface area contributed by atoms with Crippen LogP contribution in [0.4, 0.5) is 0 Å². The molecule has 1 saturated carbocycles. The number of nitrogens with zero attached hydrogens (tertiary/aromatic N) is 1. The van der Waals surface area contributed by atoms with Crippen molar-refractivity contribution in [1.29, 1.82) is 0 Å². The second-order valence-electron chi connectivity index (χ2n) is 4.36. The van der Waals surface area contributed by atoms with Gasteiger partial charge in [0, 0.05) is 13.2 Å². The highest BCUT2D eigenvalue weighted by atomic mass is 16.5. The summed E-state index contributed by atoms with van der Waals surface area (Å²) in [5.74, 6) is 0.189. The zero-order valence-electron chi connectivity index (χ0n) is 9.73. The fourth-order valence-electron chi connectivity index (χ4n) is 1.86. The van der Waals surface area contributed by atoms with Crippen LogP contribution >= 0.6 is 0 Å². The number of ether oxygens (including phenoxy) is 1.